The molecule has 0 fully saturated rings. The van der Waals surface area contributed by atoms with Crippen LogP contribution in [0.3, 0.4) is 0 Å². The van der Waals surface area contributed by atoms with E-state index in [-0.39, 0.29) is 62.7 Å². The molecule has 3 rings (SSSR count). The van der Waals surface area contributed by atoms with Crippen LogP contribution in [0.15, 0.2) is 89.9 Å². The molecule has 0 aliphatic carbocycles. The Morgan fingerprint density at radius 2 is 0.969 bits per heavy atom. The van der Waals surface area contributed by atoms with Gasteiger partial charge in [0.1, 0.15) is 42.0 Å². The number of phenolic OH excluding ortho intramolecular Hbond substituents is 1. The number of nitrogens with one attached hydrogen (secondary N) is 6. The first-order chi connectivity index (χ1) is 30.3. The van der Waals surface area contributed by atoms with E-state index in [9.17, 15) is 38.7 Å². The number of carbonyl (C=O) groups excluding carboxylic acids is 7. The van der Waals surface area contributed by atoms with E-state index in [0.717, 1.165) is 5.56 Å². The summed E-state index contributed by atoms with van der Waals surface area (Å²) in [5, 5.41) is 25.4. The van der Waals surface area contributed by atoms with Crippen molar-refractivity contribution in [2.24, 2.45) is 33.8 Å². The van der Waals surface area contributed by atoms with E-state index in [1.54, 1.807) is 66.7 Å². The maximum absolute atomic E-state index is 14.1. The zero-order valence-electron chi connectivity index (χ0n) is 36.7. The van der Waals surface area contributed by atoms with Gasteiger partial charge in [-0.05, 0) is 74.3 Å². The number of amides is 7. The number of aliphatic imine (C=N–C) groups is 1. The highest BCUT2D eigenvalue weighted by molar-refractivity contribution is 5.97. The van der Waals surface area contributed by atoms with Crippen molar-refractivity contribution in [1.82, 2.24) is 31.9 Å². The quantitative estimate of drug-likeness (QED) is 0.0287. The predicted molar refractivity (Wildman–Crippen MR) is 242 cm³/mol. The Labute approximate surface area is 373 Å². The molecule has 3 aromatic carbocycles. The van der Waals surface area contributed by atoms with E-state index in [1.165, 1.54) is 26.0 Å². The van der Waals surface area contributed by atoms with Gasteiger partial charge in [0, 0.05) is 19.4 Å². The van der Waals surface area contributed by atoms with Gasteiger partial charge in [-0.25, -0.2) is 0 Å². The summed E-state index contributed by atoms with van der Waals surface area (Å²) in [5.41, 5.74) is 24.8. The first-order valence-corrected chi connectivity index (χ1v) is 21.1. The Bertz CT molecular complexity index is 2050. The Morgan fingerprint density at radius 3 is 1.50 bits per heavy atom. The highest BCUT2D eigenvalue weighted by Crippen LogP contribution is 2.13. The fraction of sp³-hybridized carbons (Fsp3) is 0.422. The molecule has 19 nitrogen and oxygen atoms in total. The number of rotatable bonds is 25. The van der Waals surface area contributed by atoms with Crippen LogP contribution in [0.4, 0.5) is 0 Å². The van der Waals surface area contributed by atoms with Gasteiger partial charge in [0.05, 0.1) is 6.04 Å². The number of nitrogens with zero attached hydrogens (tertiary/aromatic N) is 1. The van der Waals surface area contributed by atoms with Crippen LogP contribution in [0, 0.1) is 5.92 Å². The van der Waals surface area contributed by atoms with Gasteiger partial charge >= 0.3 is 0 Å². The molecule has 0 unspecified atom stereocenters. The monoisotopic (exact) mass is 885 g/mol. The van der Waals surface area contributed by atoms with Gasteiger partial charge in [-0.15, -0.1) is 0 Å². The molecule has 0 bridgehead atoms. The van der Waals surface area contributed by atoms with Crippen molar-refractivity contribution in [1.29, 1.82) is 0 Å². The van der Waals surface area contributed by atoms with Gasteiger partial charge in [-0.1, -0.05) is 86.6 Å². The molecule has 0 saturated carbocycles. The molecular formula is C45H63N11O8. The van der Waals surface area contributed by atoms with Gasteiger partial charge in [0.2, 0.25) is 41.4 Å². The Hall–Kier alpha value is -7.02. The standard InChI is InChI=1S/C45H63N11O8/c1-26(2)22-36(43(63)53-34(16-11-21-50-45(48)49)42(62)54-35(38(47)58)24-29-12-7-5-8-13-29)56-44(64)37(25-30-14-9-6-10-15-30)55-40(60)28(4)51-39(59)27(3)52-41(61)33(46)23-31-17-19-32(57)20-18-31/h5-10,12-15,17-20,26-28,33-37,57H,11,16,21-25,46H2,1-4H3,(H2,47,58)(H,51,59)(H,52,61)(H,53,63)(H,54,62)(H,55,60)(H,56,64)(H4,48,49,50)/t27-,28+,33-,34-,35-,36-,37-/m0/s1. The van der Waals surface area contributed by atoms with Crippen molar-refractivity contribution in [2.45, 2.75) is 109 Å². The normalized spacial score (nSPS) is 14.2. The lowest BCUT2D eigenvalue weighted by Crippen LogP contribution is -2.60. The Kier molecular flexibility index (Phi) is 20.7. The smallest absolute Gasteiger partial charge is 0.243 e. The van der Waals surface area contributed by atoms with E-state index in [1.807, 2.05) is 19.9 Å². The van der Waals surface area contributed by atoms with Gasteiger partial charge in [-0.2, -0.15) is 0 Å². The number of nitrogens with two attached hydrogens (primary N) is 4. The van der Waals surface area contributed by atoms with E-state index >= 15 is 0 Å². The van der Waals surface area contributed by atoms with Crippen molar-refractivity contribution in [3.63, 3.8) is 0 Å². The zero-order chi connectivity index (χ0) is 47.3. The number of hydrogen-bond donors (Lipinski definition) is 11. The average molecular weight is 886 g/mol. The third-order valence-corrected chi connectivity index (χ3v) is 10.0. The van der Waals surface area contributed by atoms with Gasteiger partial charge < -0.3 is 59.9 Å². The molecule has 0 aliphatic heterocycles. The van der Waals surface area contributed by atoms with E-state index in [4.69, 9.17) is 22.9 Å². The second-order valence-corrected chi connectivity index (χ2v) is 16.0. The lowest BCUT2D eigenvalue weighted by molar-refractivity contribution is -0.135. The number of hydrogen-bond acceptors (Lipinski definition) is 10. The minimum atomic E-state index is -1.24. The molecule has 0 radical (unpaired) electrons. The minimum Gasteiger partial charge on any atom is -0.508 e. The molecule has 0 saturated heterocycles. The van der Waals surface area contributed by atoms with Crippen LogP contribution in [0.5, 0.6) is 5.75 Å². The molecule has 3 aromatic rings. The molecule has 0 aromatic heterocycles. The van der Waals surface area contributed by atoms with Crippen molar-refractivity contribution in [3.8, 4) is 5.75 Å². The second kappa shape index (κ2) is 25.8. The highest BCUT2D eigenvalue weighted by Gasteiger charge is 2.33. The number of guanidine groups is 1. The molecular weight excluding hydrogens is 823 g/mol. The first-order valence-electron chi connectivity index (χ1n) is 21.1. The SMILES string of the molecule is CC(C)C[C@H](NC(=O)[C@H](Cc1ccccc1)NC(=O)[C@@H](C)NC(=O)[C@H](C)NC(=O)[C@@H](N)Cc1ccc(O)cc1)C(=O)N[C@@H](CCCN=C(N)N)C(=O)N[C@@H](Cc1ccccc1)C(N)=O. The lowest BCUT2D eigenvalue weighted by atomic mass is 10.00. The number of phenols is 1. The maximum Gasteiger partial charge on any atom is 0.243 e. The van der Waals surface area contributed by atoms with Crippen molar-refractivity contribution in [3.05, 3.63) is 102 Å². The summed E-state index contributed by atoms with van der Waals surface area (Å²) in [4.78, 5) is 97.8. The maximum atomic E-state index is 14.1. The molecule has 0 aliphatic rings. The summed E-state index contributed by atoms with van der Waals surface area (Å²) >= 11 is 0. The molecule has 0 spiro atoms. The van der Waals surface area contributed by atoms with Crippen LogP contribution >= 0.6 is 0 Å². The van der Waals surface area contributed by atoms with Crippen LogP contribution < -0.4 is 54.8 Å². The van der Waals surface area contributed by atoms with Crippen molar-refractivity contribution in [2.75, 3.05) is 6.54 Å². The Morgan fingerprint density at radius 1 is 0.531 bits per heavy atom. The van der Waals surface area contributed by atoms with Crippen LogP contribution in [0.25, 0.3) is 0 Å². The summed E-state index contributed by atoms with van der Waals surface area (Å²) < 4.78 is 0. The highest BCUT2D eigenvalue weighted by atomic mass is 16.3. The topological polar surface area (TPSA) is 328 Å². The second-order valence-electron chi connectivity index (χ2n) is 16.0. The zero-order valence-corrected chi connectivity index (χ0v) is 36.7. The van der Waals surface area contributed by atoms with Crippen LogP contribution in [-0.2, 0) is 52.8 Å². The summed E-state index contributed by atoms with van der Waals surface area (Å²) in [7, 11) is 0. The number of carbonyl (C=O) groups is 7. The number of aromatic hydroxyl groups is 1. The summed E-state index contributed by atoms with van der Waals surface area (Å²) in [6, 6.07) is 16.0. The molecule has 15 N–H and O–H groups in total. The van der Waals surface area contributed by atoms with Crippen molar-refractivity contribution >= 4 is 47.3 Å². The summed E-state index contributed by atoms with van der Waals surface area (Å²) in [6.07, 6.45) is 0.709. The fourth-order valence-corrected chi connectivity index (χ4v) is 6.49. The predicted octanol–water partition coefficient (Wildman–Crippen LogP) is -0.719. The van der Waals surface area contributed by atoms with Gasteiger partial charge in [-0.3, -0.25) is 38.6 Å². The van der Waals surface area contributed by atoms with Crippen LogP contribution in [0.1, 0.15) is 63.6 Å². The van der Waals surface area contributed by atoms with Crippen LogP contribution in [0.2, 0.25) is 0 Å². The molecule has 19 heteroatoms. The molecule has 7 amide bonds. The molecule has 64 heavy (non-hydrogen) atoms. The lowest BCUT2D eigenvalue weighted by Gasteiger charge is -2.27. The van der Waals surface area contributed by atoms with E-state index in [2.05, 4.69) is 36.9 Å². The third-order valence-electron chi connectivity index (χ3n) is 10.0. The summed E-state index contributed by atoms with van der Waals surface area (Å²) in [5.74, 6) is -5.14. The van der Waals surface area contributed by atoms with E-state index < -0.39 is 83.6 Å². The van der Waals surface area contributed by atoms with E-state index in [0.29, 0.717) is 11.1 Å². The largest absolute Gasteiger partial charge is 0.508 e. The average Bonchev–Trinajstić information content (AvgIpc) is 3.24. The third kappa shape index (κ3) is 18.1. The van der Waals surface area contributed by atoms with Gasteiger partial charge in [0.15, 0.2) is 5.96 Å². The van der Waals surface area contributed by atoms with Crippen LogP contribution in [-0.4, -0.2) is 101 Å². The number of benzene rings is 3. The minimum absolute atomic E-state index is 0.00617. The van der Waals surface area contributed by atoms with Gasteiger partial charge in [0.25, 0.3) is 0 Å². The molecule has 7 atom stereocenters. The fourth-order valence-electron chi connectivity index (χ4n) is 6.49. The van der Waals surface area contributed by atoms with Crippen molar-refractivity contribution < 1.29 is 38.7 Å². The first kappa shape index (κ1) is 51.3. The number of primary amides is 1. The summed E-state index contributed by atoms with van der Waals surface area (Å²) in [6.45, 7) is 6.66. The Balaban J connectivity index is 1.75. The molecule has 0 heterocycles. The molecule has 346 valence electrons.